The van der Waals surface area contributed by atoms with E-state index in [-0.39, 0.29) is 0 Å². The quantitative estimate of drug-likeness (QED) is 0.226. The fraction of sp³-hybridized carbons (Fsp3) is 0. The highest BCUT2D eigenvalue weighted by Crippen LogP contribution is 2.40. The number of thiophene rings is 1. The number of aromatic nitrogens is 2. The first-order valence-corrected chi connectivity index (χ1v) is 13.2. The molecule has 0 aliphatic carbocycles. The normalized spacial score (nSPS) is 11.8. The minimum absolute atomic E-state index is 0.887. The second kappa shape index (κ2) is 7.95. The average Bonchev–Trinajstić information content (AvgIpc) is 3.36. The lowest BCUT2D eigenvalue weighted by Crippen LogP contribution is -1.92. The summed E-state index contributed by atoms with van der Waals surface area (Å²) < 4.78 is 2.64. The van der Waals surface area contributed by atoms with Crippen LogP contribution >= 0.6 is 11.3 Å². The second-order valence-corrected chi connectivity index (χ2v) is 10.5. The molecule has 172 valence electrons. The van der Waals surface area contributed by atoms with Crippen LogP contribution in [0.4, 0.5) is 0 Å². The maximum absolute atomic E-state index is 5.20. The van der Waals surface area contributed by atoms with Crippen molar-refractivity contribution < 1.29 is 0 Å². The third-order valence-corrected chi connectivity index (χ3v) is 8.52. The standard InChI is InChI=1S/C34H20N2S/c1-3-14-27-24(11-1)25-12-2-4-15-28(25)33-32(27)35-20-30(36-33)22-10-7-9-21(19-22)23-16-8-17-29-26-13-5-6-18-31(26)37-34(23)29/h1-20H. The lowest BCUT2D eigenvalue weighted by molar-refractivity contribution is 1.31. The summed E-state index contributed by atoms with van der Waals surface area (Å²) in [6, 6.07) is 41.0. The molecule has 0 unspecified atom stereocenters. The molecule has 0 atom stereocenters. The van der Waals surface area contributed by atoms with E-state index in [1.165, 1.54) is 42.1 Å². The van der Waals surface area contributed by atoms with Gasteiger partial charge < -0.3 is 0 Å². The summed E-state index contributed by atoms with van der Waals surface area (Å²) in [4.78, 5) is 10.2. The summed E-state index contributed by atoms with van der Waals surface area (Å²) in [5.74, 6) is 0. The van der Waals surface area contributed by atoms with Gasteiger partial charge in [0.1, 0.15) is 0 Å². The monoisotopic (exact) mass is 488 g/mol. The molecular weight excluding hydrogens is 468 g/mol. The first-order chi connectivity index (χ1) is 18.3. The molecule has 0 spiro atoms. The largest absolute Gasteiger partial charge is 0.252 e. The van der Waals surface area contributed by atoms with Crippen LogP contribution in [-0.4, -0.2) is 9.97 Å². The third-order valence-electron chi connectivity index (χ3n) is 7.30. The molecule has 8 rings (SSSR count). The number of fused-ring (bicyclic) bond motifs is 9. The lowest BCUT2D eigenvalue weighted by atomic mass is 9.98. The van der Waals surface area contributed by atoms with E-state index in [9.17, 15) is 0 Å². The van der Waals surface area contributed by atoms with Crippen molar-refractivity contribution in [1.82, 2.24) is 9.97 Å². The molecule has 2 aromatic heterocycles. The van der Waals surface area contributed by atoms with Crippen molar-refractivity contribution in [2.24, 2.45) is 0 Å². The van der Waals surface area contributed by atoms with Gasteiger partial charge in [-0.2, -0.15) is 0 Å². The van der Waals surface area contributed by atoms with Gasteiger partial charge in [0.05, 0.1) is 22.9 Å². The fourth-order valence-corrected chi connectivity index (χ4v) is 6.82. The molecule has 0 radical (unpaired) electrons. The van der Waals surface area contributed by atoms with E-state index in [0.717, 1.165) is 33.1 Å². The maximum atomic E-state index is 5.20. The Morgan fingerprint density at radius 3 is 1.92 bits per heavy atom. The summed E-state index contributed by atoms with van der Waals surface area (Å²) in [5.41, 5.74) is 6.30. The molecule has 0 aliphatic heterocycles. The van der Waals surface area contributed by atoms with Crippen LogP contribution in [0.25, 0.3) is 75.1 Å². The Balaban J connectivity index is 1.34. The van der Waals surface area contributed by atoms with Gasteiger partial charge in [-0.05, 0) is 34.0 Å². The molecule has 0 bridgehead atoms. The van der Waals surface area contributed by atoms with Gasteiger partial charge in [-0.1, -0.05) is 103 Å². The Bertz CT molecular complexity index is 2120. The van der Waals surface area contributed by atoms with Crippen molar-refractivity contribution >= 4 is 64.1 Å². The number of benzene rings is 6. The number of nitrogens with zero attached hydrogens (tertiary/aromatic N) is 2. The van der Waals surface area contributed by atoms with Gasteiger partial charge in [-0.15, -0.1) is 11.3 Å². The Morgan fingerprint density at radius 2 is 1.11 bits per heavy atom. The van der Waals surface area contributed by atoms with Crippen LogP contribution in [0.1, 0.15) is 0 Å². The minimum Gasteiger partial charge on any atom is -0.252 e. The zero-order valence-electron chi connectivity index (χ0n) is 19.8. The van der Waals surface area contributed by atoms with Crippen LogP contribution in [-0.2, 0) is 0 Å². The number of hydrogen-bond acceptors (Lipinski definition) is 3. The first kappa shape index (κ1) is 20.6. The predicted octanol–water partition coefficient (Wildman–Crippen LogP) is 9.64. The Kier molecular flexibility index (Phi) is 4.42. The van der Waals surface area contributed by atoms with Crippen molar-refractivity contribution in [1.29, 1.82) is 0 Å². The van der Waals surface area contributed by atoms with Crippen molar-refractivity contribution in [3.63, 3.8) is 0 Å². The maximum Gasteiger partial charge on any atom is 0.0979 e. The first-order valence-electron chi connectivity index (χ1n) is 12.4. The molecule has 0 N–H and O–H groups in total. The van der Waals surface area contributed by atoms with Gasteiger partial charge >= 0.3 is 0 Å². The van der Waals surface area contributed by atoms with E-state index in [4.69, 9.17) is 9.97 Å². The highest BCUT2D eigenvalue weighted by molar-refractivity contribution is 7.26. The van der Waals surface area contributed by atoms with Gasteiger partial charge in [0, 0.05) is 36.5 Å². The van der Waals surface area contributed by atoms with E-state index < -0.39 is 0 Å². The zero-order chi connectivity index (χ0) is 24.3. The van der Waals surface area contributed by atoms with Gasteiger partial charge in [-0.3, -0.25) is 4.98 Å². The van der Waals surface area contributed by atoms with Gasteiger partial charge in [0.15, 0.2) is 0 Å². The molecule has 8 aromatic rings. The van der Waals surface area contributed by atoms with Gasteiger partial charge in [0.2, 0.25) is 0 Å². The summed E-state index contributed by atoms with van der Waals surface area (Å²) in [5, 5.41) is 7.33. The number of hydrogen-bond donors (Lipinski definition) is 0. The van der Waals surface area contributed by atoms with Gasteiger partial charge in [-0.25, -0.2) is 4.98 Å². The topological polar surface area (TPSA) is 25.8 Å². The minimum atomic E-state index is 0.887. The fourth-order valence-electron chi connectivity index (χ4n) is 5.58. The molecule has 3 heteroatoms. The lowest BCUT2D eigenvalue weighted by Gasteiger charge is -2.11. The molecule has 2 nitrogen and oxygen atoms in total. The highest BCUT2D eigenvalue weighted by atomic mass is 32.1. The van der Waals surface area contributed by atoms with E-state index in [0.29, 0.717) is 0 Å². The van der Waals surface area contributed by atoms with E-state index in [1.54, 1.807) is 0 Å². The van der Waals surface area contributed by atoms with Crippen LogP contribution < -0.4 is 0 Å². The molecule has 6 aromatic carbocycles. The molecule has 2 heterocycles. The Labute approximate surface area is 217 Å². The van der Waals surface area contributed by atoms with Crippen LogP contribution in [0.15, 0.2) is 121 Å². The van der Waals surface area contributed by atoms with E-state index in [1.807, 2.05) is 17.5 Å². The summed E-state index contributed by atoms with van der Waals surface area (Å²) in [6.45, 7) is 0. The highest BCUT2D eigenvalue weighted by Gasteiger charge is 2.14. The third kappa shape index (κ3) is 3.11. The smallest absolute Gasteiger partial charge is 0.0979 e. The SMILES string of the molecule is c1cc(-c2cnc3c4ccccc4c4ccccc4c3n2)cc(-c2cccc3c2sc2ccccc23)c1. The molecule has 0 fully saturated rings. The molecule has 37 heavy (non-hydrogen) atoms. The predicted molar refractivity (Wildman–Crippen MR) is 158 cm³/mol. The molecule has 0 amide bonds. The Morgan fingerprint density at radius 1 is 0.486 bits per heavy atom. The Hall–Kier alpha value is -4.60. The van der Waals surface area contributed by atoms with Crippen molar-refractivity contribution in [3.05, 3.63) is 121 Å². The van der Waals surface area contributed by atoms with Crippen LogP contribution in [0, 0.1) is 0 Å². The zero-order valence-corrected chi connectivity index (χ0v) is 20.7. The molecular formula is C34H20N2S. The summed E-state index contributed by atoms with van der Waals surface area (Å²) in [7, 11) is 0. The average molecular weight is 489 g/mol. The van der Waals surface area contributed by atoms with Crippen LogP contribution in [0.3, 0.4) is 0 Å². The van der Waals surface area contributed by atoms with Gasteiger partial charge in [0.25, 0.3) is 0 Å². The number of rotatable bonds is 2. The second-order valence-electron chi connectivity index (χ2n) is 9.40. The molecule has 0 saturated carbocycles. The summed E-state index contributed by atoms with van der Waals surface area (Å²) in [6.07, 6.45) is 1.92. The molecule has 0 saturated heterocycles. The van der Waals surface area contributed by atoms with E-state index in [2.05, 4.69) is 115 Å². The van der Waals surface area contributed by atoms with Crippen molar-refractivity contribution in [3.8, 4) is 22.4 Å². The van der Waals surface area contributed by atoms with Crippen molar-refractivity contribution in [2.75, 3.05) is 0 Å². The molecule has 0 aliphatic rings. The van der Waals surface area contributed by atoms with Crippen molar-refractivity contribution in [2.45, 2.75) is 0 Å². The summed E-state index contributed by atoms with van der Waals surface area (Å²) >= 11 is 1.86. The van der Waals surface area contributed by atoms with E-state index >= 15 is 0 Å². The van der Waals surface area contributed by atoms with Crippen LogP contribution in [0.5, 0.6) is 0 Å². The van der Waals surface area contributed by atoms with Crippen LogP contribution in [0.2, 0.25) is 0 Å².